The van der Waals surface area contributed by atoms with Crippen LogP contribution in [0.1, 0.15) is 16.1 Å². The van der Waals surface area contributed by atoms with Crippen molar-refractivity contribution < 1.29 is 18.4 Å². The third-order valence-electron chi connectivity index (χ3n) is 3.97. The van der Waals surface area contributed by atoms with Crippen LogP contribution in [0.15, 0.2) is 71.3 Å². The van der Waals surface area contributed by atoms with E-state index in [-0.39, 0.29) is 42.9 Å². The van der Waals surface area contributed by atoms with Crippen molar-refractivity contribution in [3.8, 4) is 11.1 Å². The minimum Gasteiger partial charge on any atom is -0.459 e. The van der Waals surface area contributed by atoms with E-state index in [9.17, 15) is 14.0 Å². The number of amides is 2. The number of furan rings is 1. The molecule has 0 saturated heterocycles. The molecule has 27 heavy (non-hydrogen) atoms. The molecule has 0 radical (unpaired) electrons. The van der Waals surface area contributed by atoms with E-state index in [2.05, 4.69) is 10.6 Å². The fourth-order valence-electron chi connectivity index (χ4n) is 2.64. The molecule has 0 aliphatic carbocycles. The van der Waals surface area contributed by atoms with E-state index >= 15 is 0 Å². The molecular weight excluding hydrogens is 347 g/mol. The minimum absolute atomic E-state index is 0.157. The predicted molar refractivity (Wildman–Crippen MR) is 99.6 cm³/mol. The lowest BCUT2D eigenvalue weighted by Crippen LogP contribution is -2.35. The Morgan fingerprint density at radius 2 is 1.59 bits per heavy atom. The van der Waals surface area contributed by atoms with Crippen LogP contribution in [0.2, 0.25) is 0 Å². The smallest absolute Gasteiger partial charge is 0.287 e. The highest BCUT2D eigenvalue weighted by Gasteiger charge is 2.16. The highest BCUT2D eigenvalue weighted by atomic mass is 19.1. The van der Waals surface area contributed by atoms with Crippen LogP contribution in [-0.4, -0.2) is 24.9 Å². The number of nitrogens with one attached hydrogen (secondary N) is 2. The Hall–Kier alpha value is -3.41. The molecule has 3 rings (SSSR count). The van der Waals surface area contributed by atoms with E-state index < -0.39 is 0 Å². The standard InChI is InChI=1S/C21H19FN2O3/c22-17-8-6-15(7-9-17)14-19(25)23-11-12-24-21(26)20-18(10-13-27-20)16-4-2-1-3-5-16/h1-10,13H,11-12,14H2,(H,23,25)(H,24,26). The van der Waals surface area contributed by atoms with Crippen molar-refractivity contribution in [3.63, 3.8) is 0 Å². The van der Waals surface area contributed by atoms with Gasteiger partial charge in [0.1, 0.15) is 5.82 Å². The van der Waals surface area contributed by atoms with Crippen molar-refractivity contribution in [2.75, 3.05) is 13.1 Å². The van der Waals surface area contributed by atoms with Gasteiger partial charge in [-0.15, -0.1) is 0 Å². The number of rotatable bonds is 7. The molecule has 1 aromatic heterocycles. The van der Waals surface area contributed by atoms with E-state index in [1.165, 1.54) is 18.4 Å². The van der Waals surface area contributed by atoms with E-state index in [4.69, 9.17) is 4.42 Å². The molecule has 1 heterocycles. The molecule has 2 aromatic carbocycles. The second-order valence-electron chi connectivity index (χ2n) is 5.94. The topological polar surface area (TPSA) is 71.3 Å². The number of hydrogen-bond donors (Lipinski definition) is 2. The first-order valence-electron chi connectivity index (χ1n) is 8.56. The molecular formula is C21H19FN2O3. The molecule has 2 amide bonds. The average Bonchev–Trinajstić information content (AvgIpc) is 3.17. The summed E-state index contributed by atoms with van der Waals surface area (Å²) in [6.07, 6.45) is 1.63. The molecule has 3 aromatic rings. The number of halogens is 1. The maximum Gasteiger partial charge on any atom is 0.287 e. The maximum atomic E-state index is 12.9. The summed E-state index contributed by atoms with van der Waals surface area (Å²) in [4.78, 5) is 24.2. The minimum atomic E-state index is -0.341. The van der Waals surface area contributed by atoms with Crippen molar-refractivity contribution >= 4 is 11.8 Å². The molecule has 138 valence electrons. The largest absolute Gasteiger partial charge is 0.459 e. The van der Waals surface area contributed by atoms with Crippen LogP contribution in [0.4, 0.5) is 4.39 Å². The van der Waals surface area contributed by atoms with Crippen molar-refractivity contribution in [2.24, 2.45) is 0 Å². The van der Waals surface area contributed by atoms with Crippen LogP contribution in [0.25, 0.3) is 11.1 Å². The van der Waals surface area contributed by atoms with Crippen molar-refractivity contribution in [2.45, 2.75) is 6.42 Å². The quantitative estimate of drug-likeness (QED) is 0.631. The first kappa shape index (κ1) is 18.4. The molecule has 0 unspecified atom stereocenters. The summed E-state index contributed by atoms with van der Waals surface area (Å²) in [5, 5.41) is 5.44. The van der Waals surface area contributed by atoms with Crippen molar-refractivity contribution in [3.05, 3.63) is 84.1 Å². The fraction of sp³-hybridized carbons (Fsp3) is 0.143. The zero-order valence-electron chi connectivity index (χ0n) is 14.6. The summed E-state index contributed by atoms with van der Waals surface area (Å²) >= 11 is 0. The summed E-state index contributed by atoms with van der Waals surface area (Å²) in [6.45, 7) is 0.552. The van der Waals surface area contributed by atoms with Crippen LogP contribution >= 0.6 is 0 Å². The number of hydrogen-bond acceptors (Lipinski definition) is 3. The molecule has 0 saturated carbocycles. The van der Waals surface area contributed by atoms with Gasteiger partial charge in [-0.05, 0) is 29.3 Å². The molecule has 0 fully saturated rings. The van der Waals surface area contributed by atoms with Gasteiger partial charge in [0.15, 0.2) is 5.76 Å². The number of carbonyl (C=O) groups excluding carboxylic acids is 2. The lowest BCUT2D eigenvalue weighted by molar-refractivity contribution is -0.120. The summed E-state index contributed by atoms with van der Waals surface area (Å²) in [5.74, 6) is -0.640. The van der Waals surface area contributed by atoms with Gasteiger partial charge >= 0.3 is 0 Å². The first-order chi connectivity index (χ1) is 13.1. The lowest BCUT2D eigenvalue weighted by atomic mass is 10.1. The van der Waals surface area contributed by atoms with Crippen LogP contribution in [0.3, 0.4) is 0 Å². The fourth-order valence-corrected chi connectivity index (χ4v) is 2.64. The monoisotopic (exact) mass is 366 g/mol. The second-order valence-corrected chi connectivity index (χ2v) is 5.94. The molecule has 6 heteroatoms. The second kappa shape index (κ2) is 8.80. The van der Waals surface area contributed by atoms with Crippen molar-refractivity contribution in [1.29, 1.82) is 0 Å². The summed E-state index contributed by atoms with van der Waals surface area (Å²) < 4.78 is 18.2. The van der Waals surface area contributed by atoms with Crippen LogP contribution < -0.4 is 10.6 Å². The SMILES string of the molecule is O=C(Cc1ccc(F)cc1)NCCNC(=O)c1occc1-c1ccccc1. The zero-order valence-corrected chi connectivity index (χ0v) is 14.6. The number of benzene rings is 2. The molecule has 0 aliphatic heterocycles. The van der Waals surface area contributed by atoms with Crippen LogP contribution in [0, 0.1) is 5.82 Å². The molecule has 0 spiro atoms. The average molecular weight is 366 g/mol. The number of carbonyl (C=O) groups is 2. The zero-order chi connectivity index (χ0) is 19.1. The third kappa shape index (κ3) is 5.04. The van der Waals surface area contributed by atoms with E-state index in [1.54, 1.807) is 18.2 Å². The lowest BCUT2D eigenvalue weighted by Gasteiger charge is -2.07. The van der Waals surface area contributed by atoms with Gasteiger partial charge in [0, 0.05) is 18.7 Å². The maximum absolute atomic E-state index is 12.9. The Kier molecular flexibility index (Phi) is 5.99. The van der Waals surface area contributed by atoms with Crippen LogP contribution in [0.5, 0.6) is 0 Å². The molecule has 2 N–H and O–H groups in total. The Morgan fingerprint density at radius 3 is 2.33 bits per heavy atom. The van der Waals surface area contributed by atoms with E-state index in [0.29, 0.717) is 5.56 Å². The van der Waals surface area contributed by atoms with Crippen molar-refractivity contribution in [1.82, 2.24) is 10.6 Å². The van der Waals surface area contributed by atoms with E-state index in [0.717, 1.165) is 11.1 Å². The van der Waals surface area contributed by atoms with Gasteiger partial charge in [0.05, 0.1) is 12.7 Å². The van der Waals surface area contributed by atoms with Crippen LogP contribution in [-0.2, 0) is 11.2 Å². The summed E-state index contributed by atoms with van der Waals surface area (Å²) in [6, 6.07) is 17.0. The van der Waals surface area contributed by atoms with Gasteiger partial charge < -0.3 is 15.1 Å². The highest BCUT2D eigenvalue weighted by Crippen LogP contribution is 2.24. The van der Waals surface area contributed by atoms with Gasteiger partial charge in [-0.1, -0.05) is 42.5 Å². The Labute approximate surface area is 156 Å². The van der Waals surface area contributed by atoms with Gasteiger partial charge in [-0.3, -0.25) is 9.59 Å². The Bertz CT molecular complexity index is 905. The van der Waals surface area contributed by atoms with E-state index in [1.807, 2.05) is 30.3 Å². The first-order valence-corrected chi connectivity index (χ1v) is 8.56. The van der Waals surface area contributed by atoms with Gasteiger partial charge in [-0.25, -0.2) is 4.39 Å². The van der Waals surface area contributed by atoms with Gasteiger partial charge in [-0.2, -0.15) is 0 Å². The highest BCUT2D eigenvalue weighted by molar-refractivity contribution is 5.98. The summed E-state index contributed by atoms with van der Waals surface area (Å²) in [5.41, 5.74) is 2.33. The molecule has 0 aliphatic rings. The Balaban J connectivity index is 1.46. The normalized spacial score (nSPS) is 10.4. The third-order valence-corrected chi connectivity index (χ3v) is 3.97. The predicted octanol–water partition coefficient (Wildman–Crippen LogP) is 3.17. The molecule has 0 bridgehead atoms. The summed E-state index contributed by atoms with van der Waals surface area (Å²) in [7, 11) is 0. The van der Waals surface area contributed by atoms with Gasteiger partial charge in [0.2, 0.25) is 5.91 Å². The Morgan fingerprint density at radius 1 is 0.889 bits per heavy atom. The molecule has 5 nitrogen and oxygen atoms in total. The van der Waals surface area contributed by atoms with Gasteiger partial charge in [0.25, 0.3) is 5.91 Å². The molecule has 0 atom stereocenters.